The molecule has 7 nitrogen and oxygen atoms in total. The second kappa shape index (κ2) is 7.41. The number of carbonyl (C=O) groups is 2. The van der Waals surface area contributed by atoms with Crippen molar-refractivity contribution in [3.8, 4) is 10.6 Å². The monoisotopic (exact) mass is 340 g/mol. The van der Waals surface area contributed by atoms with Crippen molar-refractivity contribution >= 4 is 35.0 Å². The third kappa shape index (κ3) is 4.31. The van der Waals surface area contributed by atoms with Gasteiger partial charge in [-0.1, -0.05) is 0 Å². The fourth-order valence-electron chi connectivity index (χ4n) is 1.74. The molecule has 2 rings (SSSR count). The summed E-state index contributed by atoms with van der Waals surface area (Å²) in [6.07, 6.45) is 3.56. The van der Waals surface area contributed by atoms with Crippen LogP contribution in [0.4, 0.5) is 0 Å². The Hall–Kier alpha value is -1.87. The Morgan fingerprint density at radius 2 is 2.27 bits per heavy atom. The number of aliphatic carboxylic acids is 1. The van der Waals surface area contributed by atoms with Crippen molar-refractivity contribution in [1.82, 2.24) is 20.1 Å². The Kier molecular flexibility index (Phi) is 5.56. The van der Waals surface area contributed by atoms with E-state index in [0.717, 1.165) is 10.6 Å². The second-order valence-electron chi connectivity index (χ2n) is 4.54. The topological polar surface area (TPSA) is 97.1 Å². The van der Waals surface area contributed by atoms with E-state index in [4.69, 9.17) is 5.11 Å². The molecule has 1 amide bonds. The quantitative estimate of drug-likeness (QED) is 0.740. The zero-order chi connectivity index (χ0) is 16.1. The minimum Gasteiger partial charge on any atom is -0.481 e. The molecule has 9 heteroatoms. The van der Waals surface area contributed by atoms with Gasteiger partial charge in [0, 0.05) is 31.1 Å². The maximum Gasteiger partial charge on any atom is 0.313 e. The predicted molar refractivity (Wildman–Crippen MR) is 86.3 cm³/mol. The fourth-order valence-corrected chi connectivity index (χ4v) is 3.26. The van der Waals surface area contributed by atoms with Gasteiger partial charge >= 0.3 is 5.97 Å². The highest BCUT2D eigenvalue weighted by molar-refractivity contribution is 7.99. The minimum atomic E-state index is -0.851. The van der Waals surface area contributed by atoms with Gasteiger partial charge < -0.3 is 10.4 Å². The normalized spacial score (nSPS) is 10.6. The van der Waals surface area contributed by atoms with Crippen molar-refractivity contribution in [3.05, 3.63) is 23.0 Å². The number of carboxylic acid groups (broad SMARTS) is 1. The molecule has 0 bridgehead atoms. The lowest BCUT2D eigenvalue weighted by atomic mass is 10.3. The molecule has 2 aromatic heterocycles. The van der Waals surface area contributed by atoms with E-state index in [2.05, 4.69) is 15.4 Å². The van der Waals surface area contributed by atoms with E-state index in [9.17, 15) is 9.59 Å². The summed E-state index contributed by atoms with van der Waals surface area (Å²) in [6, 6.07) is 0. The van der Waals surface area contributed by atoms with Crippen LogP contribution < -0.4 is 5.32 Å². The molecule has 0 saturated carbocycles. The summed E-state index contributed by atoms with van der Waals surface area (Å²) in [6.45, 7) is 2.22. The van der Waals surface area contributed by atoms with Crippen molar-refractivity contribution in [2.75, 3.05) is 18.1 Å². The van der Waals surface area contributed by atoms with E-state index in [0.29, 0.717) is 22.9 Å². The van der Waals surface area contributed by atoms with Crippen LogP contribution in [-0.2, 0) is 11.8 Å². The Morgan fingerprint density at radius 1 is 1.50 bits per heavy atom. The van der Waals surface area contributed by atoms with Crippen molar-refractivity contribution in [1.29, 1.82) is 0 Å². The molecule has 2 aromatic rings. The number of rotatable bonds is 7. The average Bonchev–Trinajstić information content (AvgIpc) is 3.04. The van der Waals surface area contributed by atoms with Crippen LogP contribution >= 0.6 is 23.1 Å². The first-order valence-electron chi connectivity index (χ1n) is 6.51. The van der Waals surface area contributed by atoms with Crippen molar-refractivity contribution in [3.63, 3.8) is 0 Å². The molecular weight excluding hydrogens is 324 g/mol. The van der Waals surface area contributed by atoms with Gasteiger partial charge in [0.25, 0.3) is 5.91 Å². The number of thiazole rings is 1. The maximum absolute atomic E-state index is 12.1. The Morgan fingerprint density at radius 3 is 2.91 bits per heavy atom. The Labute approximate surface area is 135 Å². The molecule has 0 atom stereocenters. The van der Waals surface area contributed by atoms with Crippen LogP contribution in [0.2, 0.25) is 0 Å². The molecule has 0 aliphatic rings. The molecule has 2 heterocycles. The lowest BCUT2D eigenvalue weighted by Crippen LogP contribution is -2.25. The Bertz CT molecular complexity index is 681. The number of amides is 1. The number of hydrogen-bond acceptors (Lipinski definition) is 6. The molecule has 22 heavy (non-hydrogen) atoms. The maximum atomic E-state index is 12.1. The smallest absolute Gasteiger partial charge is 0.313 e. The van der Waals surface area contributed by atoms with Gasteiger partial charge in [0.1, 0.15) is 9.88 Å². The van der Waals surface area contributed by atoms with Crippen molar-refractivity contribution in [2.45, 2.75) is 6.92 Å². The molecule has 0 spiro atoms. The molecule has 0 unspecified atom stereocenters. The van der Waals surface area contributed by atoms with Gasteiger partial charge in [-0.25, -0.2) is 4.98 Å². The van der Waals surface area contributed by atoms with Gasteiger partial charge in [-0.15, -0.1) is 23.1 Å². The van der Waals surface area contributed by atoms with Crippen LogP contribution in [0.15, 0.2) is 12.4 Å². The van der Waals surface area contributed by atoms with E-state index >= 15 is 0 Å². The van der Waals surface area contributed by atoms with Crippen LogP contribution in [0.1, 0.15) is 15.4 Å². The summed E-state index contributed by atoms with van der Waals surface area (Å²) < 4.78 is 1.69. The van der Waals surface area contributed by atoms with Crippen LogP contribution in [0.3, 0.4) is 0 Å². The molecule has 118 valence electrons. The highest BCUT2D eigenvalue weighted by Crippen LogP contribution is 2.27. The van der Waals surface area contributed by atoms with Gasteiger partial charge in [0.2, 0.25) is 0 Å². The second-order valence-corrected chi connectivity index (χ2v) is 6.64. The lowest BCUT2D eigenvalue weighted by Gasteiger charge is -2.02. The molecular formula is C13H16N4O3S2. The SMILES string of the molecule is Cc1nc(-c2cnn(C)c2)sc1C(=O)NCCSCC(=O)O. The molecule has 0 saturated heterocycles. The van der Waals surface area contributed by atoms with Crippen molar-refractivity contribution < 1.29 is 14.7 Å². The number of hydrogen-bond donors (Lipinski definition) is 2. The third-order valence-corrected chi connectivity index (χ3v) is 4.86. The number of aryl methyl sites for hydroxylation is 2. The zero-order valence-electron chi connectivity index (χ0n) is 12.2. The minimum absolute atomic E-state index is 0.0423. The number of carbonyl (C=O) groups excluding carboxylic acids is 1. The summed E-state index contributed by atoms with van der Waals surface area (Å²) in [4.78, 5) is 27.5. The first kappa shape index (κ1) is 16.5. The number of nitrogens with one attached hydrogen (secondary N) is 1. The van der Waals surface area contributed by atoms with Crippen LogP contribution in [-0.4, -0.2) is 49.8 Å². The lowest BCUT2D eigenvalue weighted by molar-refractivity contribution is -0.133. The van der Waals surface area contributed by atoms with Crippen molar-refractivity contribution in [2.24, 2.45) is 7.05 Å². The summed E-state index contributed by atoms with van der Waals surface area (Å²) >= 11 is 2.60. The zero-order valence-corrected chi connectivity index (χ0v) is 13.8. The number of aromatic nitrogens is 3. The Balaban J connectivity index is 1.93. The van der Waals surface area contributed by atoms with E-state index in [-0.39, 0.29) is 11.7 Å². The van der Waals surface area contributed by atoms with Crippen LogP contribution in [0.25, 0.3) is 10.6 Å². The molecule has 0 aliphatic carbocycles. The third-order valence-electron chi connectivity index (χ3n) is 2.71. The fraction of sp³-hybridized carbons (Fsp3) is 0.385. The summed E-state index contributed by atoms with van der Waals surface area (Å²) in [5, 5.41) is 16.2. The molecule has 0 aromatic carbocycles. The van der Waals surface area contributed by atoms with Gasteiger partial charge in [-0.2, -0.15) is 5.10 Å². The molecule has 0 radical (unpaired) electrons. The van der Waals surface area contributed by atoms with Gasteiger partial charge in [0.15, 0.2) is 0 Å². The number of thioether (sulfide) groups is 1. The number of carboxylic acids is 1. The van der Waals surface area contributed by atoms with E-state index in [1.807, 2.05) is 13.2 Å². The van der Waals surface area contributed by atoms with E-state index < -0.39 is 5.97 Å². The van der Waals surface area contributed by atoms with E-state index in [1.54, 1.807) is 17.8 Å². The summed E-state index contributed by atoms with van der Waals surface area (Å²) in [5.74, 6) is -0.428. The number of nitrogens with zero attached hydrogens (tertiary/aromatic N) is 3. The first-order chi connectivity index (χ1) is 10.5. The van der Waals surface area contributed by atoms with Gasteiger partial charge in [-0.3, -0.25) is 14.3 Å². The average molecular weight is 340 g/mol. The standard InChI is InChI=1S/C13H16N4O3S2/c1-8-11(12(20)14-3-4-21-7-10(18)19)22-13(16-8)9-5-15-17(2)6-9/h5-6H,3-4,7H2,1-2H3,(H,14,20)(H,18,19). The molecule has 0 fully saturated rings. The predicted octanol–water partition coefficient (Wildman–Crippen LogP) is 1.40. The largest absolute Gasteiger partial charge is 0.481 e. The van der Waals surface area contributed by atoms with E-state index in [1.165, 1.54) is 23.1 Å². The first-order valence-corrected chi connectivity index (χ1v) is 8.48. The highest BCUT2D eigenvalue weighted by Gasteiger charge is 2.16. The van der Waals surface area contributed by atoms with Crippen LogP contribution in [0, 0.1) is 6.92 Å². The van der Waals surface area contributed by atoms with Crippen LogP contribution in [0.5, 0.6) is 0 Å². The summed E-state index contributed by atoms with van der Waals surface area (Å²) in [7, 11) is 1.83. The highest BCUT2D eigenvalue weighted by atomic mass is 32.2. The molecule has 2 N–H and O–H groups in total. The van der Waals surface area contributed by atoms with Gasteiger partial charge in [-0.05, 0) is 6.92 Å². The molecule has 0 aliphatic heterocycles. The summed E-state index contributed by atoms with van der Waals surface area (Å²) in [5.41, 5.74) is 1.56. The van der Waals surface area contributed by atoms with Gasteiger partial charge in [0.05, 0.1) is 17.6 Å².